The second kappa shape index (κ2) is 4.08. The maximum atomic E-state index is 6.01. The molecule has 2 rings (SSSR count). The van der Waals surface area contributed by atoms with Gasteiger partial charge in [0.1, 0.15) is 5.82 Å². The maximum absolute atomic E-state index is 6.01. The average Bonchev–Trinajstić information content (AvgIpc) is 2.52. The van der Waals surface area contributed by atoms with Gasteiger partial charge in [-0.3, -0.25) is 9.67 Å². The zero-order valence-corrected chi connectivity index (χ0v) is 10.9. The summed E-state index contributed by atoms with van der Waals surface area (Å²) in [7, 11) is 0. The van der Waals surface area contributed by atoms with E-state index in [4.69, 9.17) is 23.8 Å². The molecule has 1 aromatic carbocycles. The molecule has 0 aliphatic rings. The van der Waals surface area contributed by atoms with Gasteiger partial charge in [-0.25, -0.2) is 0 Å². The van der Waals surface area contributed by atoms with E-state index in [-0.39, 0.29) is 0 Å². The topological polar surface area (TPSA) is 33.6 Å². The minimum Gasteiger partial charge on any atom is -0.272 e. The molecule has 0 saturated carbocycles. The summed E-state index contributed by atoms with van der Waals surface area (Å²) >= 11 is 14.5. The number of nitrogens with one attached hydrogen (secondary N) is 1. The predicted octanol–water partition coefficient (Wildman–Crippen LogP) is 3.65. The van der Waals surface area contributed by atoms with Crippen molar-refractivity contribution in [3.05, 3.63) is 38.3 Å². The first-order valence-electron chi connectivity index (χ1n) is 4.19. The first kappa shape index (κ1) is 10.9. The van der Waals surface area contributed by atoms with Crippen LogP contribution >= 0.6 is 39.7 Å². The van der Waals surface area contributed by atoms with Crippen LogP contribution in [0.4, 0.5) is 0 Å². The molecule has 0 aliphatic carbocycles. The smallest absolute Gasteiger partial charge is 0.199 e. The van der Waals surface area contributed by atoms with Gasteiger partial charge in [0.15, 0.2) is 4.77 Å². The van der Waals surface area contributed by atoms with Crippen LogP contribution in [0.15, 0.2) is 22.7 Å². The van der Waals surface area contributed by atoms with Crippen LogP contribution in [0.2, 0.25) is 5.02 Å². The van der Waals surface area contributed by atoms with Crippen LogP contribution in [0, 0.1) is 11.7 Å². The third-order valence-corrected chi connectivity index (χ3v) is 3.51. The van der Waals surface area contributed by atoms with Crippen molar-refractivity contribution < 1.29 is 0 Å². The Morgan fingerprint density at radius 1 is 1.53 bits per heavy atom. The van der Waals surface area contributed by atoms with E-state index in [2.05, 4.69) is 26.1 Å². The zero-order valence-electron chi connectivity index (χ0n) is 7.79. The second-order valence-corrected chi connectivity index (χ2v) is 4.66. The van der Waals surface area contributed by atoms with Crippen LogP contribution in [0.25, 0.3) is 5.69 Å². The van der Waals surface area contributed by atoms with E-state index in [0.29, 0.717) is 9.79 Å². The lowest BCUT2D eigenvalue weighted by atomic mass is 10.3. The summed E-state index contributed by atoms with van der Waals surface area (Å²) in [6.07, 6.45) is 0. The van der Waals surface area contributed by atoms with Crippen molar-refractivity contribution >= 4 is 39.7 Å². The molecule has 0 radical (unpaired) electrons. The summed E-state index contributed by atoms with van der Waals surface area (Å²) in [5, 5.41) is 7.41. The summed E-state index contributed by atoms with van der Waals surface area (Å²) in [6, 6.07) is 5.64. The van der Waals surface area contributed by atoms with Crippen molar-refractivity contribution in [1.82, 2.24) is 14.8 Å². The highest BCUT2D eigenvalue weighted by Gasteiger charge is 2.05. The monoisotopic (exact) mass is 303 g/mol. The number of nitrogens with zero attached hydrogens (tertiary/aromatic N) is 2. The molecule has 0 amide bonds. The Kier molecular flexibility index (Phi) is 2.95. The minimum atomic E-state index is 0.561. The van der Waals surface area contributed by atoms with Gasteiger partial charge in [-0.1, -0.05) is 11.6 Å². The second-order valence-electron chi connectivity index (χ2n) is 3.01. The SMILES string of the molecule is Cc1n[nH]c(=S)n1-c1ccc(Br)c(Cl)c1. The van der Waals surface area contributed by atoms with Crippen molar-refractivity contribution in [3.63, 3.8) is 0 Å². The number of aromatic amines is 1. The van der Waals surface area contributed by atoms with Crippen LogP contribution in [-0.4, -0.2) is 14.8 Å². The molecule has 0 fully saturated rings. The molecule has 3 nitrogen and oxygen atoms in total. The van der Waals surface area contributed by atoms with E-state index >= 15 is 0 Å². The first-order chi connectivity index (χ1) is 7.09. The molecule has 2 aromatic rings. The van der Waals surface area contributed by atoms with Gasteiger partial charge in [-0.2, -0.15) is 5.10 Å². The van der Waals surface area contributed by atoms with Gasteiger partial charge in [0.2, 0.25) is 0 Å². The molecule has 0 bridgehead atoms. The van der Waals surface area contributed by atoms with Crippen molar-refractivity contribution in [3.8, 4) is 5.69 Å². The lowest BCUT2D eigenvalue weighted by Gasteiger charge is -2.05. The molecule has 0 aliphatic heterocycles. The van der Waals surface area contributed by atoms with E-state index in [1.807, 2.05) is 29.7 Å². The lowest BCUT2D eigenvalue weighted by molar-refractivity contribution is 0.963. The summed E-state index contributed by atoms with van der Waals surface area (Å²) in [6.45, 7) is 1.88. The highest BCUT2D eigenvalue weighted by atomic mass is 79.9. The van der Waals surface area contributed by atoms with E-state index in [0.717, 1.165) is 16.0 Å². The number of hydrogen-bond acceptors (Lipinski definition) is 2. The average molecular weight is 305 g/mol. The summed E-state index contributed by atoms with van der Waals surface area (Å²) < 4.78 is 3.25. The van der Waals surface area contributed by atoms with Crippen molar-refractivity contribution in [2.24, 2.45) is 0 Å². The van der Waals surface area contributed by atoms with Gasteiger partial charge in [0, 0.05) is 4.47 Å². The summed E-state index contributed by atoms with van der Waals surface area (Å²) in [5.41, 5.74) is 0.902. The van der Waals surface area contributed by atoms with Gasteiger partial charge in [-0.15, -0.1) is 0 Å². The van der Waals surface area contributed by atoms with Crippen LogP contribution in [-0.2, 0) is 0 Å². The molecule has 1 aromatic heterocycles. The predicted molar refractivity (Wildman–Crippen MR) is 66.2 cm³/mol. The fourth-order valence-electron chi connectivity index (χ4n) is 1.30. The van der Waals surface area contributed by atoms with Crippen molar-refractivity contribution in [2.75, 3.05) is 0 Å². The standard InChI is InChI=1S/C9H7BrClN3S/c1-5-12-13-9(15)14(5)6-2-3-7(10)8(11)4-6/h2-4H,1H3,(H,13,15). The number of aromatic nitrogens is 3. The van der Waals surface area contributed by atoms with E-state index in [9.17, 15) is 0 Å². The zero-order chi connectivity index (χ0) is 11.0. The van der Waals surface area contributed by atoms with Gasteiger partial charge in [0.05, 0.1) is 10.7 Å². The van der Waals surface area contributed by atoms with Crippen molar-refractivity contribution in [2.45, 2.75) is 6.92 Å². The molecule has 15 heavy (non-hydrogen) atoms. The summed E-state index contributed by atoms with van der Waals surface area (Å²) in [5.74, 6) is 0.804. The molecule has 0 atom stereocenters. The molecule has 0 spiro atoms. The number of hydrogen-bond donors (Lipinski definition) is 1. The first-order valence-corrected chi connectivity index (χ1v) is 5.77. The fourth-order valence-corrected chi connectivity index (χ4v) is 2.01. The molecular weight excluding hydrogens is 298 g/mol. The van der Waals surface area contributed by atoms with E-state index < -0.39 is 0 Å². The molecule has 1 heterocycles. The normalized spacial score (nSPS) is 10.6. The van der Waals surface area contributed by atoms with Crippen molar-refractivity contribution in [1.29, 1.82) is 0 Å². The number of halogens is 2. The Bertz CT molecular complexity index is 561. The molecule has 6 heteroatoms. The molecule has 78 valence electrons. The van der Waals surface area contributed by atoms with Gasteiger partial charge in [0.25, 0.3) is 0 Å². The Labute approximate surface area is 105 Å². The number of H-pyrrole nitrogens is 1. The number of rotatable bonds is 1. The number of benzene rings is 1. The highest BCUT2D eigenvalue weighted by molar-refractivity contribution is 9.10. The Hall–Kier alpha value is -0.650. The van der Waals surface area contributed by atoms with Gasteiger partial charge < -0.3 is 0 Å². The quantitative estimate of drug-likeness (QED) is 0.816. The Morgan fingerprint density at radius 3 is 2.80 bits per heavy atom. The Morgan fingerprint density at radius 2 is 2.27 bits per heavy atom. The van der Waals surface area contributed by atoms with Crippen LogP contribution in [0.1, 0.15) is 5.82 Å². The van der Waals surface area contributed by atoms with Crippen LogP contribution in [0.3, 0.4) is 0 Å². The third kappa shape index (κ3) is 2.00. The summed E-state index contributed by atoms with van der Waals surface area (Å²) in [4.78, 5) is 0. The lowest BCUT2D eigenvalue weighted by Crippen LogP contribution is -1.96. The van der Waals surface area contributed by atoms with Gasteiger partial charge in [-0.05, 0) is 53.3 Å². The van der Waals surface area contributed by atoms with Crippen LogP contribution in [0.5, 0.6) is 0 Å². The Balaban J connectivity index is 2.65. The molecular formula is C9H7BrClN3S. The molecule has 1 N–H and O–H groups in total. The largest absolute Gasteiger partial charge is 0.272 e. The highest BCUT2D eigenvalue weighted by Crippen LogP contribution is 2.25. The fraction of sp³-hybridized carbons (Fsp3) is 0.111. The third-order valence-electron chi connectivity index (χ3n) is 2.00. The van der Waals surface area contributed by atoms with Crippen LogP contribution < -0.4 is 0 Å². The van der Waals surface area contributed by atoms with E-state index in [1.165, 1.54) is 0 Å². The number of aryl methyl sites for hydroxylation is 1. The molecule has 0 unspecified atom stereocenters. The minimum absolute atomic E-state index is 0.561. The maximum Gasteiger partial charge on any atom is 0.199 e. The molecule has 0 saturated heterocycles. The van der Waals surface area contributed by atoms with E-state index in [1.54, 1.807) is 0 Å². The van der Waals surface area contributed by atoms with Gasteiger partial charge >= 0.3 is 0 Å².